The van der Waals surface area contributed by atoms with Crippen LogP contribution in [0.5, 0.6) is 5.75 Å². The number of rotatable bonds is 3. The first-order valence-electron chi connectivity index (χ1n) is 6.94. The topological polar surface area (TPSA) is 40.2 Å². The molecule has 106 valence electrons. The first-order chi connectivity index (χ1) is 9.67. The third-order valence-corrected chi connectivity index (χ3v) is 4.19. The molecule has 2 aromatic rings. The van der Waals surface area contributed by atoms with Crippen LogP contribution in [0.3, 0.4) is 0 Å². The fraction of sp³-hybridized carbons (Fsp3) is 0.375. The Labute approximate surface area is 124 Å². The summed E-state index contributed by atoms with van der Waals surface area (Å²) in [4.78, 5) is 0. The number of hydrogen-bond donors (Lipinski definition) is 1. The van der Waals surface area contributed by atoms with E-state index in [0.29, 0.717) is 0 Å². The molecule has 0 fully saturated rings. The number of nitrogens with zero attached hydrogens (tertiary/aromatic N) is 1. The van der Waals surface area contributed by atoms with Crippen LogP contribution in [-0.2, 0) is 13.0 Å². The Balaban J connectivity index is 1.90. The molecule has 0 aliphatic heterocycles. The van der Waals surface area contributed by atoms with Gasteiger partial charge in [0.25, 0.3) is 0 Å². The molecule has 3 rings (SSSR count). The first-order valence-corrected chi connectivity index (χ1v) is 7.31. The van der Waals surface area contributed by atoms with E-state index in [1.807, 2.05) is 18.2 Å². The monoisotopic (exact) mass is 290 g/mol. The molecule has 1 heterocycles. The van der Waals surface area contributed by atoms with Gasteiger partial charge in [-0.15, -0.1) is 0 Å². The van der Waals surface area contributed by atoms with Gasteiger partial charge in [-0.25, -0.2) is 0 Å². The summed E-state index contributed by atoms with van der Waals surface area (Å²) in [6.45, 7) is 0.753. The van der Waals surface area contributed by atoms with Crippen LogP contribution in [0.2, 0.25) is 5.02 Å². The molecule has 0 amide bonds. The Bertz CT molecular complexity index is 621. The van der Waals surface area contributed by atoms with Gasteiger partial charge in [0.2, 0.25) is 0 Å². The van der Waals surface area contributed by atoms with Crippen molar-refractivity contribution in [2.24, 2.45) is 5.73 Å². The number of hydrogen-bond acceptors (Lipinski definition) is 2. The summed E-state index contributed by atoms with van der Waals surface area (Å²) < 4.78 is 7.58. The molecule has 1 aliphatic rings. The van der Waals surface area contributed by atoms with Crippen molar-refractivity contribution >= 4 is 11.6 Å². The smallest absolute Gasteiger partial charge is 0.123 e. The molecule has 1 aliphatic carbocycles. The van der Waals surface area contributed by atoms with E-state index in [0.717, 1.165) is 35.7 Å². The van der Waals surface area contributed by atoms with Gasteiger partial charge in [-0.3, -0.25) is 0 Å². The summed E-state index contributed by atoms with van der Waals surface area (Å²) in [6.07, 6.45) is 7.76. The molecule has 0 saturated heterocycles. The normalized spacial score (nSPS) is 17.9. The Morgan fingerprint density at radius 1 is 1.40 bits per heavy atom. The second-order valence-electron chi connectivity index (χ2n) is 5.37. The quantitative estimate of drug-likeness (QED) is 0.939. The third kappa shape index (κ3) is 2.56. The molecular weight excluding hydrogens is 272 g/mol. The van der Waals surface area contributed by atoms with Crippen LogP contribution in [0.25, 0.3) is 0 Å². The molecule has 0 saturated carbocycles. The van der Waals surface area contributed by atoms with Crippen molar-refractivity contribution in [2.75, 3.05) is 7.11 Å². The van der Waals surface area contributed by atoms with E-state index >= 15 is 0 Å². The first kappa shape index (κ1) is 13.5. The molecule has 2 N–H and O–H groups in total. The van der Waals surface area contributed by atoms with E-state index in [1.165, 1.54) is 17.5 Å². The molecule has 1 atom stereocenters. The van der Waals surface area contributed by atoms with E-state index in [1.54, 1.807) is 7.11 Å². The van der Waals surface area contributed by atoms with Crippen LogP contribution in [0.1, 0.15) is 35.6 Å². The van der Waals surface area contributed by atoms with Gasteiger partial charge in [-0.2, -0.15) is 0 Å². The van der Waals surface area contributed by atoms with Crippen molar-refractivity contribution in [2.45, 2.75) is 31.8 Å². The maximum atomic E-state index is 6.17. The predicted molar refractivity (Wildman–Crippen MR) is 81.4 cm³/mol. The van der Waals surface area contributed by atoms with Crippen molar-refractivity contribution in [1.82, 2.24) is 4.57 Å². The van der Waals surface area contributed by atoms with E-state index in [2.05, 4.69) is 17.0 Å². The van der Waals surface area contributed by atoms with Gasteiger partial charge in [0.1, 0.15) is 5.75 Å². The summed E-state index contributed by atoms with van der Waals surface area (Å²) >= 11 is 6.08. The number of methoxy groups -OCH3 is 1. The standard InChI is InChI=1S/C16H19ClN2O/c1-20-16-6-5-13(17)7-12(16)9-19-8-11-3-2-4-15(18)14(11)10-19/h5-8,10,15H,2-4,9,18H2,1H3. The van der Waals surface area contributed by atoms with Gasteiger partial charge in [-0.1, -0.05) is 11.6 Å². The van der Waals surface area contributed by atoms with E-state index in [9.17, 15) is 0 Å². The average Bonchev–Trinajstić information content (AvgIpc) is 2.83. The maximum absolute atomic E-state index is 6.17. The van der Waals surface area contributed by atoms with Crippen LogP contribution in [0.15, 0.2) is 30.6 Å². The number of aromatic nitrogens is 1. The number of halogens is 1. The maximum Gasteiger partial charge on any atom is 0.123 e. The van der Waals surface area contributed by atoms with Crippen LogP contribution >= 0.6 is 11.6 Å². The zero-order valence-electron chi connectivity index (χ0n) is 11.6. The van der Waals surface area contributed by atoms with Gasteiger partial charge < -0.3 is 15.0 Å². The van der Waals surface area contributed by atoms with Gasteiger partial charge in [0, 0.05) is 29.0 Å². The summed E-state index contributed by atoms with van der Waals surface area (Å²) in [7, 11) is 1.68. The van der Waals surface area contributed by atoms with Crippen LogP contribution in [0.4, 0.5) is 0 Å². The number of benzene rings is 1. The fourth-order valence-electron chi connectivity index (χ4n) is 2.94. The van der Waals surface area contributed by atoms with Gasteiger partial charge in [0.05, 0.1) is 13.7 Å². The van der Waals surface area contributed by atoms with Gasteiger partial charge in [-0.05, 0) is 48.6 Å². The highest BCUT2D eigenvalue weighted by molar-refractivity contribution is 6.30. The molecule has 1 aromatic carbocycles. The van der Waals surface area contributed by atoms with Crippen molar-refractivity contribution in [3.8, 4) is 5.75 Å². The van der Waals surface area contributed by atoms with E-state index < -0.39 is 0 Å². The Hall–Kier alpha value is -1.45. The van der Waals surface area contributed by atoms with Gasteiger partial charge in [0.15, 0.2) is 0 Å². The minimum atomic E-state index is 0.182. The summed E-state index contributed by atoms with van der Waals surface area (Å²) in [5.74, 6) is 0.866. The van der Waals surface area contributed by atoms with Crippen molar-refractivity contribution in [3.63, 3.8) is 0 Å². The number of fused-ring (bicyclic) bond motifs is 1. The van der Waals surface area contributed by atoms with E-state index in [4.69, 9.17) is 22.1 Å². The third-order valence-electron chi connectivity index (χ3n) is 3.95. The molecule has 0 spiro atoms. The highest BCUT2D eigenvalue weighted by Crippen LogP contribution is 2.30. The molecule has 1 aromatic heterocycles. The zero-order chi connectivity index (χ0) is 14.1. The van der Waals surface area contributed by atoms with Crippen molar-refractivity contribution in [1.29, 1.82) is 0 Å². The molecule has 3 nitrogen and oxygen atoms in total. The highest BCUT2D eigenvalue weighted by atomic mass is 35.5. The van der Waals surface area contributed by atoms with Crippen molar-refractivity contribution < 1.29 is 4.74 Å². The molecule has 4 heteroatoms. The Morgan fingerprint density at radius 2 is 2.25 bits per heavy atom. The lowest BCUT2D eigenvalue weighted by molar-refractivity contribution is 0.408. The van der Waals surface area contributed by atoms with Crippen LogP contribution < -0.4 is 10.5 Å². The van der Waals surface area contributed by atoms with Crippen LogP contribution in [0, 0.1) is 0 Å². The molecule has 1 unspecified atom stereocenters. The lowest BCUT2D eigenvalue weighted by Gasteiger charge is -2.17. The number of nitrogens with two attached hydrogens (primary N) is 1. The van der Waals surface area contributed by atoms with Crippen molar-refractivity contribution in [3.05, 3.63) is 52.3 Å². The fourth-order valence-corrected chi connectivity index (χ4v) is 3.14. The minimum Gasteiger partial charge on any atom is -0.496 e. The average molecular weight is 291 g/mol. The molecular formula is C16H19ClN2O. The molecule has 0 bridgehead atoms. The zero-order valence-corrected chi connectivity index (χ0v) is 12.4. The molecule has 20 heavy (non-hydrogen) atoms. The second kappa shape index (κ2) is 5.51. The lowest BCUT2D eigenvalue weighted by Crippen LogP contribution is -2.15. The predicted octanol–water partition coefficient (Wildman–Crippen LogP) is 3.53. The number of aryl methyl sites for hydroxylation is 1. The molecule has 0 radical (unpaired) electrons. The summed E-state index contributed by atoms with van der Waals surface area (Å²) in [5, 5.41) is 0.731. The Kier molecular flexibility index (Phi) is 3.72. The minimum absolute atomic E-state index is 0.182. The van der Waals surface area contributed by atoms with Gasteiger partial charge >= 0.3 is 0 Å². The lowest BCUT2D eigenvalue weighted by atomic mass is 9.92. The van der Waals surface area contributed by atoms with Crippen LogP contribution in [-0.4, -0.2) is 11.7 Å². The van der Waals surface area contributed by atoms with E-state index in [-0.39, 0.29) is 6.04 Å². The summed E-state index contributed by atoms with van der Waals surface area (Å²) in [5.41, 5.74) is 9.93. The highest BCUT2D eigenvalue weighted by Gasteiger charge is 2.19. The number of ether oxygens (including phenoxy) is 1. The SMILES string of the molecule is COc1ccc(Cl)cc1Cn1cc2c(c1)C(N)CCC2. The second-order valence-corrected chi connectivity index (χ2v) is 5.80. The largest absolute Gasteiger partial charge is 0.496 e. The Morgan fingerprint density at radius 3 is 3.00 bits per heavy atom. The summed E-state index contributed by atoms with van der Waals surface area (Å²) in [6, 6.07) is 5.90.